The molecule has 2 rings (SSSR count). The Morgan fingerprint density at radius 3 is 2.94 bits per heavy atom. The van der Waals surface area contributed by atoms with Gasteiger partial charge in [-0.05, 0) is 25.1 Å². The van der Waals surface area contributed by atoms with Crippen LogP contribution in [0.3, 0.4) is 0 Å². The van der Waals surface area contributed by atoms with E-state index in [0.29, 0.717) is 0 Å². The van der Waals surface area contributed by atoms with Crippen LogP contribution in [0.4, 0.5) is 5.69 Å². The molecule has 0 unspecified atom stereocenters. The fourth-order valence-corrected chi connectivity index (χ4v) is 2.71. The summed E-state index contributed by atoms with van der Waals surface area (Å²) in [7, 11) is 0. The van der Waals surface area contributed by atoms with Crippen LogP contribution in [0, 0.1) is 0 Å². The highest BCUT2D eigenvalue weighted by molar-refractivity contribution is 8.03. The van der Waals surface area contributed by atoms with Crippen molar-refractivity contribution in [3.8, 4) is 0 Å². The van der Waals surface area contributed by atoms with Crippen molar-refractivity contribution in [2.45, 2.75) is 6.92 Å². The minimum Gasteiger partial charge on any atom is -0.366 e. The molecule has 0 amide bonds. The quantitative estimate of drug-likeness (QED) is 0.743. The van der Waals surface area contributed by atoms with Gasteiger partial charge in [-0.25, -0.2) is 0 Å². The molecule has 0 spiro atoms. The molecule has 1 aromatic rings. The van der Waals surface area contributed by atoms with Crippen molar-refractivity contribution in [1.82, 2.24) is 4.90 Å². The third kappa shape index (κ3) is 2.89. The second-order valence-electron chi connectivity index (χ2n) is 3.55. The summed E-state index contributed by atoms with van der Waals surface area (Å²) >= 11 is 1.91. The van der Waals surface area contributed by atoms with Crippen LogP contribution in [-0.4, -0.2) is 30.0 Å². The van der Waals surface area contributed by atoms with Crippen LogP contribution in [0.2, 0.25) is 0 Å². The lowest BCUT2D eigenvalue weighted by atomic mass is 10.3. The minimum atomic E-state index is 1.00. The van der Waals surface area contributed by atoms with Gasteiger partial charge in [0.1, 0.15) is 0 Å². The standard InChI is InChI=1S/C13H16N2S/c1-2-15-10-11-16-13(15)8-9-14-12-6-4-3-5-7-12/h3-9H,2,10-11H2,1H3/b13-8-,14-9?. The number of para-hydroxylation sites is 1. The SMILES string of the molecule is CCN1CCS/C1=C\C=Nc1ccccc1. The van der Waals surface area contributed by atoms with Gasteiger partial charge in [-0.2, -0.15) is 0 Å². The molecule has 84 valence electrons. The van der Waals surface area contributed by atoms with Crippen molar-refractivity contribution in [3.63, 3.8) is 0 Å². The fourth-order valence-electron chi connectivity index (χ4n) is 1.63. The molecule has 1 heterocycles. The predicted molar refractivity (Wildman–Crippen MR) is 72.4 cm³/mol. The molecule has 3 heteroatoms. The Kier molecular flexibility index (Phi) is 4.05. The molecule has 0 bridgehead atoms. The molecule has 1 aliphatic heterocycles. The number of thioether (sulfide) groups is 1. The number of hydrogen-bond acceptors (Lipinski definition) is 3. The third-order valence-electron chi connectivity index (χ3n) is 2.50. The Bertz CT molecular complexity index is 384. The van der Waals surface area contributed by atoms with Gasteiger partial charge in [0.25, 0.3) is 0 Å². The largest absolute Gasteiger partial charge is 0.366 e. The molecule has 1 saturated heterocycles. The van der Waals surface area contributed by atoms with Gasteiger partial charge < -0.3 is 4.90 Å². The summed E-state index contributed by atoms with van der Waals surface area (Å²) in [6, 6.07) is 10.0. The molecule has 16 heavy (non-hydrogen) atoms. The number of hydrogen-bond donors (Lipinski definition) is 0. The van der Waals surface area contributed by atoms with Crippen LogP contribution < -0.4 is 0 Å². The molecule has 0 N–H and O–H groups in total. The van der Waals surface area contributed by atoms with Crippen LogP contribution >= 0.6 is 11.8 Å². The number of nitrogens with zero attached hydrogens (tertiary/aromatic N) is 2. The van der Waals surface area contributed by atoms with Crippen LogP contribution in [0.1, 0.15) is 6.92 Å². The van der Waals surface area contributed by atoms with Crippen LogP contribution in [0.15, 0.2) is 46.4 Å². The maximum absolute atomic E-state index is 4.40. The molecule has 1 aliphatic rings. The second-order valence-corrected chi connectivity index (χ2v) is 4.66. The molecular formula is C13H16N2S. The Labute approximate surface area is 101 Å². The normalized spacial score (nSPS) is 18.8. The molecule has 0 aliphatic carbocycles. The van der Waals surface area contributed by atoms with E-state index in [1.54, 1.807) is 0 Å². The molecule has 0 atom stereocenters. The zero-order chi connectivity index (χ0) is 11.2. The zero-order valence-electron chi connectivity index (χ0n) is 9.47. The number of benzene rings is 1. The molecule has 1 aromatic carbocycles. The van der Waals surface area contributed by atoms with E-state index in [2.05, 4.69) is 22.9 Å². The van der Waals surface area contributed by atoms with Crippen molar-refractivity contribution in [3.05, 3.63) is 41.4 Å². The van der Waals surface area contributed by atoms with E-state index < -0.39 is 0 Å². The topological polar surface area (TPSA) is 15.6 Å². The van der Waals surface area contributed by atoms with E-state index in [9.17, 15) is 0 Å². The summed E-state index contributed by atoms with van der Waals surface area (Å²) in [5.74, 6) is 1.19. The van der Waals surface area contributed by atoms with Crippen LogP contribution in [0.25, 0.3) is 0 Å². The van der Waals surface area contributed by atoms with Crippen LogP contribution in [-0.2, 0) is 0 Å². The zero-order valence-corrected chi connectivity index (χ0v) is 10.3. The van der Waals surface area contributed by atoms with Crippen LogP contribution in [0.5, 0.6) is 0 Å². The highest BCUT2D eigenvalue weighted by Crippen LogP contribution is 2.26. The average Bonchev–Trinajstić information content (AvgIpc) is 2.78. The first-order valence-electron chi connectivity index (χ1n) is 5.57. The van der Waals surface area contributed by atoms with E-state index >= 15 is 0 Å². The Morgan fingerprint density at radius 1 is 1.38 bits per heavy atom. The lowest BCUT2D eigenvalue weighted by Crippen LogP contribution is -2.17. The summed E-state index contributed by atoms with van der Waals surface area (Å²) in [4.78, 5) is 6.77. The average molecular weight is 232 g/mol. The van der Waals surface area contributed by atoms with Gasteiger partial charge in [-0.3, -0.25) is 4.99 Å². The molecular weight excluding hydrogens is 216 g/mol. The van der Waals surface area contributed by atoms with Crippen molar-refractivity contribution < 1.29 is 0 Å². The van der Waals surface area contributed by atoms with Gasteiger partial charge >= 0.3 is 0 Å². The molecule has 0 radical (unpaired) electrons. The highest BCUT2D eigenvalue weighted by Gasteiger charge is 2.14. The number of allylic oxidation sites excluding steroid dienone is 1. The van der Waals surface area contributed by atoms with Gasteiger partial charge in [0.2, 0.25) is 0 Å². The summed E-state index contributed by atoms with van der Waals surface area (Å²) in [6.07, 6.45) is 4.00. The maximum atomic E-state index is 4.40. The molecule has 1 fully saturated rings. The van der Waals surface area contributed by atoms with E-state index in [-0.39, 0.29) is 0 Å². The third-order valence-corrected chi connectivity index (χ3v) is 3.58. The first-order chi connectivity index (χ1) is 7.90. The van der Waals surface area contributed by atoms with Crippen molar-refractivity contribution >= 4 is 23.7 Å². The van der Waals surface area contributed by atoms with Crippen molar-refractivity contribution in [2.24, 2.45) is 4.99 Å². The van der Waals surface area contributed by atoms with Gasteiger partial charge in [0.15, 0.2) is 0 Å². The lowest BCUT2D eigenvalue weighted by molar-refractivity contribution is 0.426. The maximum Gasteiger partial charge on any atom is 0.0723 e. The van der Waals surface area contributed by atoms with E-state index in [1.807, 2.05) is 48.3 Å². The first-order valence-corrected chi connectivity index (χ1v) is 6.56. The van der Waals surface area contributed by atoms with Crippen molar-refractivity contribution in [2.75, 3.05) is 18.8 Å². The lowest BCUT2D eigenvalue weighted by Gasteiger charge is -2.14. The fraction of sp³-hybridized carbons (Fsp3) is 0.308. The molecule has 0 aromatic heterocycles. The smallest absolute Gasteiger partial charge is 0.0723 e. The summed E-state index contributed by atoms with van der Waals surface area (Å²) < 4.78 is 0. The highest BCUT2D eigenvalue weighted by atomic mass is 32.2. The Balaban J connectivity index is 2.00. The van der Waals surface area contributed by atoms with Crippen molar-refractivity contribution in [1.29, 1.82) is 0 Å². The number of rotatable bonds is 3. The Hall–Kier alpha value is -1.22. The second kappa shape index (κ2) is 5.75. The summed E-state index contributed by atoms with van der Waals surface area (Å²) in [5, 5.41) is 1.34. The van der Waals surface area contributed by atoms with E-state index in [0.717, 1.165) is 18.8 Å². The first kappa shape index (κ1) is 11.3. The Morgan fingerprint density at radius 2 is 2.19 bits per heavy atom. The van der Waals surface area contributed by atoms with E-state index in [1.165, 1.54) is 10.8 Å². The molecule has 2 nitrogen and oxygen atoms in total. The van der Waals surface area contributed by atoms with Gasteiger partial charge in [0, 0.05) is 25.1 Å². The monoisotopic (exact) mass is 232 g/mol. The predicted octanol–water partition coefficient (Wildman–Crippen LogP) is 3.30. The summed E-state index contributed by atoms with van der Waals surface area (Å²) in [5.41, 5.74) is 1.00. The molecule has 0 saturated carbocycles. The minimum absolute atomic E-state index is 1.00. The van der Waals surface area contributed by atoms with E-state index in [4.69, 9.17) is 0 Å². The van der Waals surface area contributed by atoms with Gasteiger partial charge in [0.05, 0.1) is 10.7 Å². The number of aliphatic imine (C=N–C) groups is 1. The van der Waals surface area contributed by atoms with Gasteiger partial charge in [-0.15, -0.1) is 11.8 Å². The summed E-state index contributed by atoms with van der Waals surface area (Å²) in [6.45, 7) is 4.43. The van der Waals surface area contributed by atoms with Gasteiger partial charge in [-0.1, -0.05) is 18.2 Å².